The Morgan fingerprint density at radius 3 is 2.31 bits per heavy atom. The summed E-state index contributed by atoms with van der Waals surface area (Å²) in [5.41, 5.74) is -1.67. The molecule has 1 saturated heterocycles. The van der Waals surface area contributed by atoms with Crippen LogP contribution in [0.4, 0.5) is 18.9 Å². The van der Waals surface area contributed by atoms with Crippen molar-refractivity contribution in [2.75, 3.05) is 18.5 Å². The van der Waals surface area contributed by atoms with E-state index in [-0.39, 0.29) is 49.9 Å². The maximum absolute atomic E-state index is 13.6. The highest BCUT2D eigenvalue weighted by Crippen LogP contribution is 2.34. The molecule has 1 aromatic carbocycles. The molecular formula is C20H19F3N4O5. The van der Waals surface area contributed by atoms with Crippen molar-refractivity contribution in [1.29, 1.82) is 0 Å². The molecule has 12 heteroatoms. The van der Waals surface area contributed by atoms with Crippen molar-refractivity contribution in [1.82, 2.24) is 14.7 Å². The van der Waals surface area contributed by atoms with Gasteiger partial charge in [-0.15, -0.1) is 0 Å². The van der Waals surface area contributed by atoms with Crippen molar-refractivity contribution in [3.8, 4) is 5.69 Å². The number of rotatable bonds is 7. The predicted octanol–water partition coefficient (Wildman–Crippen LogP) is 2.55. The number of anilines is 1. The zero-order valence-electron chi connectivity index (χ0n) is 16.9. The van der Waals surface area contributed by atoms with Crippen LogP contribution in [0.1, 0.15) is 42.2 Å². The zero-order valence-corrected chi connectivity index (χ0v) is 16.9. The Morgan fingerprint density at radius 1 is 1.12 bits per heavy atom. The van der Waals surface area contributed by atoms with E-state index in [9.17, 15) is 32.3 Å². The molecule has 0 spiro atoms. The number of esters is 1. The number of carbonyl (C=O) groups is 4. The molecule has 1 aliphatic heterocycles. The van der Waals surface area contributed by atoms with Gasteiger partial charge in [0.25, 0.3) is 0 Å². The van der Waals surface area contributed by atoms with Crippen LogP contribution >= 0.6 is 0 Å². The van der Waals surface area contributed by atoms with Crippen LogP contribution in [0, 0.1) is 0 Å². The Labute approximate surface area is 180 Å². The fourth-order valence-corrected chi connectivity index (χ4v) is 3.17. The van der Waals surface area contributed by atoms with Gasteiger partial charge >= 0.3 is 12.1 Å². The van der Waals surface area contributed by atoms with Crippen molar-refractivity contribution in [3.05, 3.63) is 41.7 Å². The van der Waals surface area contributed by atoms with Gasteiger partial charge < -0.3 is 10.1 Å². The number of hydrogen-bond acceptors (Lipinski definition) is 6. The first-order valence-electron chi connectivity index (χ1n) is 9.67. The molecule has 1 fully saturated rings. The lowest BCUT2D eigenvalue weighted by Gasteiger charge is -2.14. The SMILES string of the molecule is CCOC(=O)c1cnn(-c2ccc(NC(=O)CCN3C(=O)CCC3=O)cc2)c1C(F)(F)F. The molecular weight excluding hydrogens is 433 g/mol. The number of halogens is 3. The second kappa shape index (κ2) is 9.20. The fraction of sp³-hybridized carbons (Fsp3) is 0.350. The van der Waals surface area contributed by atoms with E-state index in [1.807, 2.05) is 0 Å². The highest BCUT2D eigenvalue weighted by atomic mass is 19.4. The van der Waals surface area contributed by atoms with Gasteiger partial charge in [-0.2, -0.15) is 18.3 Å². The maximum Gasteiger partial charge on any atom is 0.434 e. The number of hydrogen-bond donors (Lipinski definition) is 1. The van der Waals surface area contributed by atoms with Crippen molar-refractivity contribution in [3.63, 3.8) is 0 Å². The normalized spacial score (nSPS) is 14.1. The summed E-state index contributed by atoms with van der Waals surface area (Å²) < 4.78 is 45.9. The molecule has 32 heavy (non-hydrogen) atoms. The lowest BCUT2D eigenvalue weighted by atomic mass is 10.2. The Kier molecular flexibility index (Phi) is 6.61. The van der Waals surface area contributed by atoms with Gasteiger partial charge in [-0.1, -0.05) is 0 Å². The molecule has 0 radical (unpaired) electrons. The van der Waals surface area contributed by atoms with Crippen LogP contribution in [0.3, 0.4) is 0 Å². The van der Waals surface area contributed by atoms with Gasteiger partial charge in [0.15, 0.2) is 5.69 Å². The Morgan fingerprint density at radius 2 is 1.75 bits per heavy atom. The molecule has 0 aliphatic carbocycles. The van der Waals surface area contributed by atoms with E-state index >= 15 is 0 Å². The van der Waals surface area contributed by atoms with Gasteiger partial charge in [0.1, 0.15) is 5.56 Å². The van der Waals surface area contributed by atoms with Crippen LogP contribution in [0.2, 0.25) is 0 Å². The molecule has 9 nitrogen and oxygen atoms in total. The van der Waals surface area contributed by atoms with Gasteiger partial charge in [0, 0.05) is 31.5 Å². The van der Waals surface area contributed by atoms with E-state index in [1.54, 1.807) is 0 Å². The predicted molar refractivity (Wildman–Crippen MR) is 104 cm³/mol. The molecule has 1 aromatic heterocycles. The molecule has 2 heterocycles. The standard InChI is InChI=1S/C20H19F3N4O5/c1-2-32-19(31)14-11-24-27(18(14)20(21,22)23)13-5-3-12(4-6-13)25-15(28)9-10-26-16(29)7-8-17(26)30/h3-6,11H,2,7-10H2,1H3,(H,25,28). The smallest absolute Gasteiger partial charge is 0.434 e. The topological polar surface area (TPSA) is 111 Å². The molecule has 0 unspecified atom stereocenters. The first-order valence-corrected chi connectivity index (χ1v) is 9.67. The van der Waals surface area contributed by atoms with Crippen molar-refractivity contribution >= 4 is 29.4 Å². The number of alkyl halides is 3. The van der Waals surface area contributed by atoms with Gasteiger partial charge in [0.05, 0.1) is 18.5 Å². The van der Waals surface area contributed by atoms with Crippen LogP contribution in [0.15, 0.2) is 30.5 Å². The number of ether oxygens (including phenoxy) is 1. The Balaban J connectivity index is 1.71. The molecule has 0 bridgehead atoms. The van der Waals surface area contributed by atoms with E-state index in [1.165, 1.54) is 31.2 Å². The number of imide groups is 1. The van der Waals surface area contributed by atoms with Gasteiger partial charge in [-0.25, -0.2) is 9.48 Å². The van der Waals surface area contributed by atoms with E-state index in [0.717, 1.165) is 11.1 Å². The number of amides is 3. The molecule has 0 saturated carbocycles. The number of benzene rings is 1. The van der Waals surface area contributed by atoms with E-state index in [4.69, 9.17) is 0 Å². The number of carbonyl (C=O) groups excluding carboxylic acids is 4. The average molecular weight is 452 g/mol. The van der Waals surface area contributed by atoms with E-state index in [2.05, 4.69) is 15.2 Å². The molecule has 2 aromatic rings. The van der Waals surface area contributed by atoms with Crippen molar-refractivity contribution in [2.24, 2.45) is 0 Å². The summed E-state index contributed by atoms with van der Waals surface area (Å²) in [4.78, 5) is 48.1. The minimum Gasteiger partial charge on any atom is -0.462 e. The number of aromatic nitrogens is 2. The summed E-state index contributed by atoms with van der Waals surface area (Å²) in [7, 11) is 0. The first-order chi connectivity index (χ1) is 15.1. The zero-order chi connectivity index (χ0) is 23.5. The van der Waals surface area contributed by atoms with E-state index in [0.29, 0.717) is 10.4 Å². The third kappa shape index (κ3) is 4.95. The molecule has 3 amide bonds. The highest BCUT2D eigenvalue weighted by molar-refractivity contribution is 6.02. The summed E-state index contributed by atoms with van der Waals surface area (Å²) in [6, 6.07) is 5.32. The van der Waals surface area contributed by atoms with Crippen LogP contribution in [0.25, 0.3) is 5.69 Å². The minimum absolute atomic E-state index is 0.0131. The Hall–Kier alpha value is -3.70. The molecule has 170 valence electrons. The van der Waals surface area contributed by atoms with Crippen LogP contribution in [-0.4, -0.2) is 51.5 Å². The average Bonchev–Trinajstić information content (AvgIpc) is 3.31. The molecule has 0 atom stereocenters. The van der Waals surface area contributed by atoms with Crippen molar-refractivity contribution in [2.45, 2.75) is 32.4 Å². The minimum atomic E-state index is -4.87. The third-order valence-corrected chi connectivity index (χ3v) is 4.65. The Bertz CT molecular complexity index is 1030. The number of likely N-dealkylation sites (tertiary alicyclic amines) is 1. The third-order valence-electron chi connectivity index (χ3n) is 4.65. The summed E-state index contributed by atoms with van der Waals surface area (Å²) in [6.45, 7) is 1.35. The molecule has 1 aliphatic rings. The molecule has 3 rings (SSSR count). The second-order valence-corrected chi connectivity index (χ2v) is 6.82. The number of nitrogens with one attached hydrogen (secondary N) is 1. The first kappa shape index (κ1) is 23.0. The highest BCUT2D eigenvalue weighted by Gasteiger charge is 2.41. The van der Waals surface area contributed by atoms with Crippen LogP contribution in [-0.2, 0) is 25.3 Å². The quantitative estimate of drug-likeness (QED) is 0.511. The lowest BCUT2D eigenvalue weighted by Crippen LogP contribution is -2.32. The van der Waals surface area contributed by atoms with Crippen LogP contribution < -0.4 is 5.32 Å². The van der Waals surface area contributed by atoms with Gasteiger partial charge in [-0.3, -0.25) is 19.3 Å². The largest absolute Gasteiger partial charge is 0.462 e. The van der Waals surface area contributed by atoms with Crippen LogP contribution in [0.5, 0.6) is 0 Å². The summed E-state index contributed by atoms with van der Waals surface area (Å²) in [5.74, 6) is -2.25. The molecule has 1 N–H and O–H groups in total. The van der Waals surface area contributed by atoms with Crippen molar-refractivity contribution < 1.29 is 37.1 Å². The summed E-state index contributed by atoms with van der Waals surface area (Å²) in [5, 5.41) is 6.22. The summed E-state index contributed by atoms with van der Waals surface area (Å²) in [6.07, 6.45) is -3.92. The second-order valence-electron chi connectivity index (χ2n) is 6.82. The van der Waals surface area contributed by atoms with Gasteiger partial charge in [0.2, 0.25) is 17.7 Å². The summed E-state index contributed by atoms with van der Waals surface area (Å²) >= 11 is 0. The maximum atomic E-state index is 13.6. The van der Waals surface area contributed by atoms with E-state index < -0.39 is 29.3 Å². The lowest BCUT2D eigenvalue weighted by molar-refractivity contribution is -0.143. The fourth-order valence-electron chi connectivity index (χ4n) is 3.17. The van der Waals surface area contributed by atoms with Gasteiger partial charge in [-0.05, 0) is 31.2 Å². The monoisotopic (exact) mass is 452 g/mol. The number of nitrogens with zero attached hydrogens (tertiary/aromatic N) is 3.